The van der Waals surface area contributed by atoms with Crippen LogP contribution in [0, 0.1) is 18.3 Å². The van der Waals surface area contributed by atoms with E-state index in [0.29, 0.717) is 17.5 Å². The summed E-state index contributed by atoms with van der Waals surface area (Å²) < 4.78 is 0. The van der Waals surface area contributed by atoms with Crippen molar-refractivity contribution < 1.29 is 9.90 Å². The summed E-state index contributed by atoms with van der Waals surface area (Å²) in [5.41, 5.74) is 2.13. The average Bonchev–Trinajstić information content (AvgIpc) is 2.21. The molecule has 0 fully saturated rings. The number of aliphatic carboxylic acids is 1. The lowest BCUT2D eigenvalue weighted by molar-refractivity contribution is -0.138. The van der Waals surface area contributed by atoms with Crippen LogP contribution in [0.1, 0.15) is 36.0 Å². The van der Waals surface area contributed by atoms with Crippen molar-refractivity contribution in [1.29, 1.82) is 5.26 Å². The van der Waals surface area contributed by atoms with Gasteiger partial charge in [-0.1, -0.05) is 19.1 Å². The first-order valence-corrected chi connectivity index (χ1v) is 4.83. The number of aryl methyl sites for hydroxylation is 1. The molecule has 0 spiro atoms. The molecule has 0 aliphatic carbocycles. The third-order valence-electron chi connectivity index (χ3n) is 2.49. The third-order valence-corrected chi connectivity index (χ3v) is 2.49. The highest BCUT2D eigenvalue weighted by Crippen LogP contribution is 2.22. The highest BCUT2D eigenvalue weighted by molar-refractivity contribution is 5.76. The number of hydrogen-bond donors (Lipinski definition) is 1. The molecule has 15 heavy (non-hydrogen) atoms. The quantitative estimate of drug-likeness (QED) is 0.820. The summed E-state index contributed by atoms with van der Waals surface area (Å²) in [6.45, 7) is 3.66. The van der Waals surface area contributed by atoms with Crippen molar-refractivity contribution in [2.75, 3.05) is 0 Å². The molecule has 3 heteroatoms. The van der Waals surface area contributed by atoms with Crippen LogP contribution in [0.4, 0.5) is 0 Å². The van der Waals surface area contributed by atoms with Gasteiger partial charge in [0.05, 0.1) is 17.6 Å². The number of rotatable bonds is 3. The van der Waals surface area contributed by atoms with Gasteiger partial charge in [0, 0.05) is 0 Å². The predicted molar refractivity (Wildman–Crippen MR) is 56.6 cm³/mol. The molecule has 1 aromatic carbocycles. The van der Waals surface area contributed by atoms with Crippen molar-refractivity contribution in [3.05, 3.63) is 34.9 Å². The molecule has 0 amide bonds. The van der Waals surface area contributed by atoms with E-state index in [0.717, 1.165) is 5.56 Å². The number of benzene rings is 1. The lowest BCUT2D eigenvalue weighted by Crippen LogP contribution is -2.10. The second-order valence-electron chi connectivity index (χ2n) is 3.49. The second-order valence-corrected chi connectivity index (χ2v) is 3.49. The zero-order valence-corrected chi connectivity index (χ0v) is 8.82. The minimum atomic E-state index is -0.842. The number of nitriles is 1. The number of carboxylic acids is 1. The van der Waals surface area contributed by atoms with Gasteiger partial charge in [0.25, 0.3) is 0 Å². The Balaban J connectivity index is 3.16. The third kappa shape index (κ3) is 2.35. The summed E-state index contributed by atoms with van der Waals surface area (Å²) in [5.74, 6) is -1.36. The lowest BCUT2D eigenvalue weighted by Gasteiger charge is -2.10. The van der Waals surface area contributed by atoms with Gasteiger partial charge in [-0.25, -0.2) is 0 Å². The maximum Gasteiger partial charge on any atom is 0.310 e. The van der Waals surface area contributed by atoms with Gasteiger partial charge in [0.15, 0.2) is 0 Å². The molecule has 0 bridgehead atoms. The molecule has 0 aliphatic rings. The van der Waals surface area contributed by atoms with Gasteiger partial charge in [-0.2, -0.15) is 5.26 Å². The summed E-state index contributed by atoms with van der Waals surface area (Å²) in [6, 6.07) is 7.29. The summed E-state index contributed by atoms with van der Waals surface area (Å²) in [5, 5.41) is 17.8. The van der Waals surface area contributed by atoms with Crippen molar-refractivity contribution in [2.24, 2.45) is 0 Å². The Morgan fingerprint density at radius 1 is 1.60 bits per heavy atom. The first-order valence-electron chi connectivity index (χ1n) is 4.83. The minimum Gasteiger partial charge on any atom is -0.481 e. The molecule has 3 nitrogen and oxygen atoms in total. The van der Waals surface area contributed by atoms with Crippen LogP contribution in [0.25, 0.3) is 0 Å². The number of hydrogen-bond acceptors (Lipinski definition) is 2. The van der Waals surface area contributed by atoms with Gasteiger partial charge in [-0.05, 0) is 30.5 Å². The topological polar surface area (TPSA) is 61.1 Å². The fraction of sp³-hybridized carbons (Fsp3) is 0.333. The van der Waals surface area contributed by atoms with Crippen LogP contribution in [0.15, 0.2) is 18.2 Å². The van der Waals surface area contributed by atoms with Gasteiger partial charge in [0.2, 0.25) is 0 Å². The summed E-state index contributed by atoms with van der Waals surface area (Å²) in [7, 11) is 0. The fourth-order valence-corrected chi connectivity index (χ4v) is 1.53. The Morgan fingerprint density at radius 3 is 2.73 bits per heavy atom. The van der Waals surface area contributed by atoms with E-state index < -0.39 is 11.9 Å². The highest BCUT2D eigenvalue weighted by Gasteiger charge is 2.17. The normalized spacial score (nSPS) is 11.8. The Bertz CT molecular complexity index is 418. The molecule has 1 atom stereocenters. The number of nitrogens with zero attached hydrogens (tertiary/aromatic N) is 1. The Kier molecular flexibility index (Phi) is 3.46. The van der Waals surface area contributed by atoms with Crippen molar-refractivity contribution in [3.63, 3.8) is 0 Å². The molecule has 1 N–H and O–H groups in total. The van der Waals surface area contributed by atoms with Crippen molar-refractivity contribution in [2.45, 2.75) is 26.2 Å². The van der Waals surface area contributed by atoms with Crippen LogP contribution >= 0.6 is 0 Å². The zero-order chi connectivity index (χ0) is 11.4. The maximum absolute atomic E-state index is 10.9. The Hall–Kier alpha value is -1.82. The van der Waals surface area contributed by atoms with Gasteiger partial charge in [0.1, 0.15) is 0 Å². The van der Waals surface area contributed by atoms with Crippen molar-refractivity contribution in [3.8, 4) is 6.07 Å². The molecular weight excluding hydrogens is 190 g/mol. The summed E-state index contributed by atoms with van der Waals surface area (Å²) in [4.78, 5) is 10.9. The number of carboxylic acid groups (broad SMARTS) is 1. The second kappa shape index (κ2) is 4.61. The minimum absolute atomic E-state index is 0.516. The fourth-order valence-electron chi connectivity index (χ4n) is 1.53. The zero-order valence-electron chi connectivity index (χ0n) is 8.82. The standard InChI is InChI=1S/C12H13NO2/c1-3-11(12(14)15)9-5-4-8(2)10(6-9)7-13/h4-6,11H,3H2,1-2H3,(H,14,15). The monoisotopic (exact) mass is 203 g/mol. The Labute approximate surface area is 89.0 Å². The van der Waals surface area contributed by atoms with Gasteiger partial charge >= 0.3 is 5.97 Å². The van der Waals surface area contributed by atoms with E-state index in [2.05, 4.69) is 6.07 Å². The first kappa shape index (κ1) is 11.3. The van der Waals surface area contributed by atoms with Crippen LogP contribution < -0.4 is 0 Å². The Morgan fingerprint density at radius 2 is 2.27 bits per heavy atom. The summed E-state index contributed by atoms with van der Waals surface area (Å²) in [6.07, 6.45) is 0.531. The van der Waals surface area contributed by atoms with E-state index in [1.165, 1.54) is 0 Å². The van der Waals surface area contributed by atoms with Crippen molar-refractivity contribution in [1.82, 2.24) is 0 Å². The highest BCUT2D eigenvalue weighted by atomic mass is 16.4. The average molecular weight is 203 g/mol. The van der Waals surface area contributed by atoms with Crippen LogP contribution in [0.3, 0.4) is 0 Å². The molecule has 0 heterocycles. The van der Waals surface area contributed by atoms with Crippen molar-refractivity contribution >= 4 is 5.97 Å². The molecular formula is C12H13NO2. The van der Waals surface area contributed by atoms with Crippen LogP contribution in [-0.2, 0) is 4.79 Å². The van der Waals surface area contributed by atoms with Gasteiger partial charge in [-0.3, -0.25) is 4.79 Å². The van der Waals surface area contributed by atoms with Crippen LogP contribution in [-0.4, -0.2) is 11.1 Å². The van der Waals surface area contributed by atoms with Gasteiger partial charge < -0.3 is 5.11 Å². The smallest absolute Gasteiger partial charge is 0.310 e. The lowest BCUT2D eigenvalue weighted by atomic mass is 9.94. The molecule has 0 saturated heterocycles. The maximum atomic E-state index is 10.9. The molecule has 1 rings (SSSR count). The van der Waals surface area contributed by atoms with E-state index in [1.807, 2.05) is 13.8 Å². The molecule has 1 unspecified atom stereocenters. The van der Waals surface area contributed by atoms with Gasteiger partial charge in [-0.15, -0.1) is 0 Å². The molecule has 0 saturated carbocycles. The van der Waals surface area contributed by atoms with E-state index in [9.17, 15) is 4.79 Å². The SMILES string of the molecule is CCC(C(=O)O)c1ccc(C)c(C#N)c1. The molecule has 78 valence electrons. The van der Waals surface area contributed by atoms with E-state index >= 15 is 0 Å². The predicted octanol–water partition coefficient (Wildman–Crippen LogP) is 2.44. The van der Waals surface area contributed by atoms with E-state index in [-0.39, 0.29) is 0 Å². The summed E-state index contributed by atoms with van der Waals surface area (Å²) >= 11 is 0. The van der Waals surface area contributed by atoms with Crippen LogP contribution in [0.5, 0.6) is 0 Å². The number of carbonyl (C=O) groups is 1. The molecule has 0 radical (unpaired) electrons. The largest absolute Gasteiger partial charge is 0.481 e. The van der Waals surface area contributed by atoms with E-state index in [1.54, 1.807) is 18.2 Å². The van der Waals surface area contributed by atoms with E-state index in [4.69, 9.17) is 10.4 Å². The molecule has 0 aromatic heterocycles. The first-order chi connectivity index (χ1) is 7.10. The van der Waals surface area contributed by atoms with Crippen LogP contribution in [0.2, 0.25) is 0 Å². The molecule has 1 aromatic rings. The molecule has 0 aliphatic heterocycles.